The Morgan fingerprint density at radius 1 is 1.47 bits per heavy atom. The maximum atomic E-state index is 5.58. The Labute approximate surface area is 105 Å². The zero-order chi connectivity index (χ0) is 11.8. The minimum atomic E-state index is 0.413. The first-order valence-electron chi connectivity index (χ1n) is 5.99. The van der Waals surface area contributed by atoms with E-state index in [0.717, 1.165) is 18.7 Å². The first-order chi connectivity index (χ1) is 8.27. The highest BCUT2D eigenvalue weighted by Crippen LogP contribution is 2.32. The minimum Gasteiger partial charge on any atom is -0.376 e. The normalized spacial score (nSPS) is 15.2. The molecule has 3 rings (SSSR count). The third kappa shape index (κ3) is 1.81. The zero-order valence-electron chi connectivity index (χ0n) is 10.1. The van der Waals surface area contributed by atoms with Crippen LogP contribution in [0.1, 0.15) is 31.1 Å². The standard InChI is InChI=1S/C13H16N2OS/c1-9(2)15-11-5-6-16-8-10(11)13(14-15)12-4-3-7-17-12/h3-4,7,9H,5-6,8H2,1-2H3. The highest BCUT2D eigenvalue weighted by atomic mass is 32.1. The molecule has 0 fully saturated rings. The zero-order valence-corrected chi connectivity index (χ0v) is 11.0. The van der Waals surface area contributed by atoms with Gasteiger partial charge in [-0.2, -0.15) is 5.10 Å². The molecule has 0 amide bonds. The maximum Gasteiger partial charge on any atom is 0.108 e. The Hall–Kier alpha value is -1.13. The Bertz CT molecular complexity index is 514. The van der Waals surface area contributed by atoms with Crippen molar-refractivity contribution in [3.05, 3.63) is 28.8 Å². The van der Waals surface area contributed by atoms with Gasteiger partial charge in [-0.25, -0.2) is 0 Å². The smallest absolute Gasteiger partial charge is 0.108 e. The van der Waals surface area contributed by atoms with Gasteiger partial charge in [-0.05, 0) is 25.3 Å². The Morgan fingerprint density at radius 2 is 2.35 bits per heavy atom. The summed E-state index contributed by atoms with van der Waals surface area (Å²) in [6.45, 7) is 5.88. The number of thiophene rings is 1. The first kappa shape index (κ1) is 11.0. The number of hydrogen-bond donors (Lipinski definition) is 0. The third-order valence-corrected chi connectivity index (χ3v) is 3.97. The van der Waals surface area contributed by atoms with Crippen LogP contribution in [0.25, 0.3) is 10.6 Å². The van der Waals surface area contributed by atoms with Gasteiger partial charge < -0.3 is 4.74 Å². The van der Waals surface area contributed by atoms with E-state index in [1.54, 1.807) is 11.3 Å². The molecular weight excluding hydrogens is 232 g/mol. The molecule has 90 valence electrons. The number of fused-ring (bicyclic) bond motifs is 1. The van der Waals surface area contributed by atoms with Crippen LogP contribution in [0.3, 0.4) is 0 Å². The predicted octanol–water partition coefficient (Wildman–Crippen LogP) is 3.27. The van der Waals surface area contributed by atoms with Crippen molar-refractivity contribution in [1.82, 2.24) is 9.78 Å². The fraction of sp³-hybridized carbons (Fsp3) is 0.462. The molecule has 17 heavy (non-hydrogen) atoms. The first-order valence-corrected chi connectivity index (χ1v) is 6.87. The average Bonchev–Trinajstić information content (AvgIpc) is 2.95. The van der Waals surface area contributed by atoms with E-state index in [0.29, 0.717) is 12.6 Å². The molecule has 0 unspecified atom stereocenters. The van der Waals surface area contributed by atoms with Gasteiger partial charge in [-0.3, -0.25) is 4.68 Å². The molecule has 0 saturated heterocycles. The summed E-state index contributed by atoms with van der Waals surface area (Å²) in [4.78, 5) is 1.24. The van der Waals surface area contributed by atoms with Crippen LogP contribution in [-0.4, -0.2) is 16.4 Å². The van der Waals surface area contributed by atoms with E-state index >= 15 is 0 Å². The van der Waals surface area contributed by atoms with Gasteiger partial charge in [0.15, 0.2) is 0 Å². The summed E-state index contributed by atoms with van der Waals surface area (Å²) in [6.07, 6.45) is 0.978. The highest BCUT2D eigenvalue weighted by Gasteiger charge is 2.23. The third-order valence-electron chi connectivity index (χ3n) is 3.09. The molecule has 1 aliphatic rings. The maximum absolute atomic E-state index is 5.58. The van der Waals surface area contributed by atoms with E-state index in [-0.39, 0.29) is 0 Å². The van der Waals surface area contributed by atoms with Gasteiger partial charge in [0, 0.05) is 23.7 Å². The topological polar surface area (TPSA) is 27.1 Å². The van der Waals surface area contributed by atoms with Gasteiger partial charge in [0.2, 0.25) is 0 Å². The van der Waals surface area contributed by atoms with Gasteiger partial charge in [0.1, 0.15) is 5.69 Å². The highest BCUT2D eigenvalue weighted by molar-refractivity contribution is 7.13. The van der Waals surface area contributed by atoms with Crippen molar-refractivity contribution in [1.29, 1.82) is 0 Å². The van der Waals surface area contributed by atoms with E-state index in [9.17, 15) is 0 Å². The lowest BCUT2D eigenvalue weighted by molar-refractivity contribution is 0.108. The molecule has 1 aliphatic heterocycles. The van der Waals surface area contributed by atoms with Gasteiger partial charge in [-0.1, -0.05) is 6.07 Å². The number of nitrogens with zero attached hydrogens (tertiary/aromatic N) is 2. The van der Waals surface area contributed by atoms with E-state index in [4.69, 9.17) is 9.84 Å². The average molecular weight is 248 g/mol. The van der Waals surface area contributed by atoms with Crippen LogP contribution < -0.4 is 0 Å². The van der Waals surface area contributed by atoms with Crippen LogP contribution in [0.5, 0.6) is 0 Å². The van der Waals surface area contributed by atoms with E-state index < -0.39 is 0 Å². The molecule has 0 saturated carbocycles. The van der Waals surface area contributed by atoms with Crippen molar-refractivity contribution >= 4 is 11.3 Å². The van der Waals surface area contributed by atoms with Gasteiger partial charge in [-0.15, -0.1) is 11.3 Å². The van der Waals surface area contributed by atoms with E-state index in [1.807, 2.05) is 0 Å². The fourth-order valence-electron chi connectivity index (χ4n) is 2.30. The second-order valence-corrected chi connectivity index (χ2v) is 5.54. The molecule has 2 aromatic heterocycles. The monoisotopic (exact) mass is 248 g/mol. The Kier molecular flexibility index (Phi) is 2.76. The van der Waals surface area contributed by atoms with Crippen LogP contribution in [0, 0.1) is 0 Å². The Balaban J connectivity index is 2.16. The molecule has 0 radical (unpaired) electrons. The lowest BCUT2D eigenvalue weighted by atomic mass is 10.1. The summed E-state index contributed by atoms with van der Waals surface area (Å²) in [6, 6.07) is 4.62. The van der Waals surface area contributed by atoms with Crippen LogP contribution in [0.15, 0.2) is 17.5 Å². The van der Waals surface area contributed by atoms with E-state index in [1.165, 1.54) is 16.1 Å². The molecule has 0 N–H and O–H groups in total. The summed E-state index contributed by atoms with van der Waals surface area (Å²) in [5.74, 6) is 0. The summed E-state index contributed by atoms with van der Waals surface area (Å²) >= 11 is 1.74. The SMILES string of the molecule is CC(C)n1nc(-c2cccs2)c2c1CCOC2. The largest absolute Gasteiger partial charge is 0.376 e. The van der Waals surface area contributed by atoms with Crippen molar-refractivity contribution in [2.45, 2.75) is 32.9 Å². The second-order valence-electron chi connectivity index (χ2n) is 4.59. The number of hydrogen-bond acceptors (Lipinski definition) is 3. The molecule has 0 aromatic carbocycles. The second kappa shape index (κ2) is 4.27. The summed E-state index contributed by atoms with van der Waals surface area (Å²) in [5.41, 5.74) is 3.76. The minimum absolute atomic E-state index is 0.413. The fourth-order valence-corrected chi connectivity index (χ4v) is 3.04. The van der Waals surface area contributed by atoms with Gasteiger partial charge in [0.25, 0.3) is 0 Å². The molecule has 2 aromatic rings. The Morgan fingerprint density at radius 3 is 3.06 bits per heavy atom. The predicted molar refractivity (Wildman–Crippen MR) is 69.3 cm³/mol. The molecule has 0 atom stereocenters. The lowest BCUT2D eigenvalue weighted by Gasteiger charge is -2.16. The van der Waals surface area contributed by atoms with Crippen LogP contribution in [-0.2, 0) is 17.8 Å². The molecule has 0 bridgehead atoms. The summed E-state index contributed by atoms with van der Waals surface area (Å²) in [5, 5.41) is 6.88. The molecular formula is C13H16N2OS. The van der Waals surface area contributed by atoms with Crippen molar-refractivity contribution in [2.24, 2.45) is 0 Å². The lowest BCUT2D eigenvalue weighted by Crippen LogP contribution is -2.15. The molecule has 0 spiro atoms. The molecule has 4 heteroatoms. The van der Waals surface area contributed by atoms with Crippen molar-refractivity contribution < 1.29 is 4.74 Å². The van der Waals surface area contributed by atoms with Gasteiger partial charge >= 0.3 is 0 Å². The van der Waals surface area contributed by atoms with Crippen molar-refractivity contribution in [3.8, 4) is 10.6 Å². The molecule has 3 nitrogen and oxygen atoms in total. The van der Waals surface area contributed by atoms with E-state index in [2.05, 4.69) is 36.0 Å². The molecule has 3 heterocycles. The van der Waals surface area contributed by atoms with Crippen molar-refractivity contribution in [3.63, 3.8) is 0 Å². The quantitative estimate of drug-likeness (QED) is 0.815. The molecule has 0 aliphatic carbocycles. The van der Waals surface area contributed by atoms with Gasteiger partial charge in [0.05, 0.1) is 18.1 Å². The van der Waals surface area contributed by atoms with Crippen LogP contribution in [0.2, 0.25) is 0 Å². The summed E-state index contributed by atoms with van der Waals surface area (Å²) in [7, 11) is 0. The van der Waals surface area contributed by atoms with Crippen molar-refractivity contribution in [2.75, 3.05) is 6.61 Å². The summed E-state index contributed by atoms with van der Waals surface area (Å²) < 4.78 is 7.74. The van der Waals surface area contributed by atoms with Crippen LogP contribution >= 0.6 is 11.3 Å². The van der Waals surface area contributed by atoms with Crippen LogP contribution in [0.4, 0.5) is 0 Å². The number of ether oxygens (including phenoxy) is 1. The number of aromatic nitrogens is 2. The number of rotatable bonds is 2.